The monoisotopic (exact) mass is 651 g/mol. The van der Waals surface area contributed by atoms with E-state index in [4.69, 9.17) is 5.11 Å². The van der Waals surface area contributed by atoms with Crippen LogP contribution in [0.1, 0.15) is 12.8 Å². The summed E-state index contributed by atoms with van der Waals surface area (Å²) in [5, 5.41) is 11.0. The van der Waals surface area contributed by atoms with Crippen LogP contribution in [0.25, 0.3) is 0 Å². The van der Waals surface area contributed by atoms with Gasteiger partial charge in [-0.3, -0.25) is 4.79 Å². The van der Waals surface area contributed by atoms with E-state index in [2.05, 4.69) is 0 Å². The first-order valence-corrected chi connectivity index (χ1v) is 9.86. The van der Waals surface area contributed by atoms with Crippen LogP contribution in [-0.4, -0.2) is 78.5 Å². The Kier molecular flexibility index (Phi) is 11.4. The van der Waals surface area contributed by atoms with Gasteiger partial charge in [0.1, 0.15) is 0 Å². The van der Waals surface area contributed by atoms with Crippen LogP contribution < -0.4 is 39.4 Å². The van der Waals surface area contributed by atoms with Crippen LogP contribution in [0.3, 0.4) is 0 Å². The van der Waals surface area contributed by atoms with E-state index in [9.17, 15) is 97.8 Å². The van der Waals surface area contributed by atoms with Crippen LogP contribution in [-0.2, 0) is 19.6 Å². The van der Waals surface area contributed by atoms with E-state index >= 15 is 0 Å². The summed E-state index contributed by atoms with van der Waals surface area (Å²) in [5.74, 6) is -57.8. The molecule has 0 aliphatic heterocycles. The molecule has 0 saturated carbocycles. The second-order valence-electron chi connectivity index (χ2n) is 6.89. The molecule has 0 aliphatic carbocycles. The standard InChI is InChI=1S/C13H8F17NO6S.Na/c14-6(15,8(18,19)10(22,23)12(26,27)28)7(16,17)9(20,21)11(24,25)13(29,30)38(36,37)31-3(5(34)35)1-2-4(32)33;/h3,31H,1-2H2,(H,32,33)(H,34,35);/q;+1/p-1/t3-;/m0./s1. The van der Waals surface area contributed by atoms with E-state index in [-0.39, 0.29) is 34.3 Å². The second kappa shape index (κ2) is 11.2. The number of hydrogen-bond acceptors (Lipinski definition) is 5. The number of aliphatic carboxylic acids is 2. The molecule has 0 rings (SSSR count). The molecule has 0 aromatic heterocycles. The van der Waals surface area contributed by atoms with Crippen LogP contribution in [0.15, 0.2) is 0 Å². The Hall–Kier alpha value is -1.34. The van der Waals surface area contributed by atoms with E-state index in [1.165, 1.54) is 0 Å². The minimum absolute atomic E-state index is 0. The molecule has 0 aromatic carbocycles. The van der Waals surface area contributed by atoms with Crippen molar-refractivity contribution in [3.05, 3.63) is 0 Å². The number of nitrogens with one attached hydrogen (secondary N) is 1. The number of carbonyl (C=O) groups is 2. The second-order valence-corrected chi connectivity index (χ2v) is 8.64. The van der Waals surface area contributed by atoms with Crippen molar-refractivity contribution in [2.24, 2.45) is 0 Å². The first-order chi connectivity index (χ1) is 16.2. The molecule has 0 saturated heterocycles. The summed E-state index contributed by atoms with van der Waals surface area (Å²) in [4.78, 5) is 21.0. The van der Waals surface area contributed by atoms with Gasteiger partial charge in [0, 0.05) is 6.42 Å². The number of rotatable bonds is 13. The molecule has 0 unspecified atom stereocenters. The average molecular weight is 651 g/mol. The zero-order valence-corrected chi connectivity index (χ0v) is 20.6. The first-order valence-electron chi connectivity index (χ1n) is 8.38. The summed E-state index contributed by atoms with van der Waals surface area (Å²) in [6.45, 7) is 0. The molecular formula is C13H7F17NNaO6S. The maximum atomic E-state index is 13.8. The van der Waals surface area contributed by atoms with Crippen molar-refractivity contribution >= 4 is 22.0 Å². The molecule has 0 bridgehead atoms. The molecule has 2 N–H and O–H groups in total. The molecule has 1 atom stereocenters. The number of sulfonamides is 1. The number of halogens is 17. The van der Waals surface area contributed by atoms with Crippen LogP contribution in [0.2, 0.25) is 0 Å². The van der Waals surface area contributed by atoms with Gasteiger partial charge in [-0.15, -0.1) is 0 Å². The van der Waals surface area contributed by atoms with Crippen LogP contribution in [0, 0.1) is 0 Å². The molecule has 26 heteroatoms. The Morgan fingerprint density at radius 3 is 1.26 bits per heavy atom. The van der Waals surface area contributed by atoms with Gasteiger partial charge in [-0.25, -0.2) is 13.1 Å². The maximum Gasteiger partial charge on any atom is 1.00 e. The number of carbonyl (C=O) groups excluding carboxylic acids is 1. The van der Waals surface area contributed by atoms with Crippen molar-refractivity contribution in [1.29, 1.82) is 0 Å². The summed E-state index contributed by atoms with van der Waals surface area (Å²) in [5.41, 5.74) is 0. The molecule has 0 fully saturated rings. The fourth-order valence-corrected chi connectivity index (χ4v) is 3.27. The summed E-state index contributed by atoms with van der Waals surface area (Å²) < 4.78 is 247. The normalized spacial score (nSPS) is 15.9. The predicted molar refractivity (Wildman–Crippen MR) is 78.4 cm³/mol. The summed E-state index contributed by atoms with van der Waals surface area (Å²) in [6.07, 6.45) is -11.2. The third-order valence-electron chi connectivity index (χ3n) is 4.26. The first kappa shape index (κ1) is 39.8. The van der Waals surface area contributed by atoms with E-state index in [1.54, 1.807) is 0 Å². The number of carboxylic acids is 2. The number of carboxylic acid groups (broad SMARTS) is 2. The fourth-order valence-electron chi connectivity index (χ4n) is 2.07. The van der Waals surface area contributed by atoms with Crippen molar-refractivity contribution in [3.8, 4) is 0 Å². The largest absolute Gasteiger partial charge is 1.00 e. The van der Waals surface area contributed by atoms with Crippen LogP contribution >= 0.6 is 0 Å². The van der Waals surface area contributed by atoms with Crippen molar-refractivity contribution in [2.45, 2.75) is 65.8 Å². The molecular weight excluding hydrogens is 644 g/mol. The van der Waals surface area contributed by atoms with E-state index in [0.29, 0.717) is 0 Å². The smallest absolute Gasteiger partial charge is 0.548 e. The van der Waals surface area contributed by atoms with Gasteiger partial charge in [0.05, 0.1) is 12.0 Å². The zero-order chi connectivity index (χ0) is 31.4. The van der Waals surface area contributed by atoms with Crippen molar-refractivity contribution in [3.63, 3.8) is 0 Å². The summed E-state index contributed by atoms with van der Waals surface area (Å²) in [7, 11) is -7.91. The van der Waals surface area contributed by atoms with Gasteiger partial charge in [-0.1, -0.05) is 0 Å². The molecule has 7 nitrogen and oxygen atoms in total. The molecule has 0 heterocycles. The van der Waals surface area contributed by atoms with Gasteiger partial charge in [0.15, 0.2) is 0 Å². The number of alkyl halides is 17. The molecule has 0 aliphatic rings. The van der Waals surface area contributed by atoms with E-state index in [1.807, 2.05) is 0 Å². The maximum absolute atomic E-state index is 13.8. The Morgan fingerprint density at radius 2 is 0.974 bits per heavy atom. The molecule has 0 aromatic rings. The van der Waals surface area contributed by atoms with Crippen molar-refractivity contribution in [2.75, 3.05) is 0 Å². The molecule has 39 heavy (non-hydrogen) atoms. The van der Waals surface area contributed by atoms with Gasteiger partial charge in [-0.05, 0) is 6.42 Å². The average Bonchev–Trinajstić information content (AvgIpc) is 2.68. The predicted octanol–water partition coefficient (Wildman–Crippen LogP) is -0.140. The zero-order valence-electron chi connectivity index (χ0n) is 17.8. The molecule has 0 amide bonds. The van der Waals surface area contributed by atoms with E-state index in [0.717, 1.165) is 0 Å². The Bertz CT molecular complexity index is 1030. The minimum Gasteiger partial charge on any atom is -0.548 e. The van der Waals surface area contributed by atoms with Gasteiger partial charge in [0.25, 0.3) is 10.0 Å². The topological polar surface area (TPSA) is 124 Å². The third-order valence-corrected chi connectivity index (χ3v) is 5.79. The SMILES string of the molecule is O=C(O)CC[C@H](NS(=O)(=O)C(F)(F)C(F)(F)C(F)(F)C(F)(F)C(F)(F)C(F)(F)C(F)(F)C(F)(F)F)C(=O)[O-].[Na+]. The van der Waals surface area contributed by atoms with Crippen LogP contribution in [0.4, 0.5) is 74.6 Å². The molecule has 0 radical (unpaired) electrons. The third kappa shape index (κ3) is 6.14. The molecule has 226 valence electrons. The van der Waals surface area contributed by atoms with Gasteiger partial charge in [0.2, 0.25) is 0 Å². The van der Waals surface area contributed by atoms with E-state index < -0.39 is 87.8 Å². The Morgan fingerprint density at radius 1 is 0.667 bits per heavy atom. The summed E-state index contributed by atoms with van der Waals surface area (Å²) >= 11 is 0. The molecule has 0 spiro atoms. The Balaban J connectivity index is 0. The number of hydrogen-bond donors (Lipinski definition) is 2. The Labute approximate surface area is 225 Å². The van der Waals surface area contributed by atoms with Crippen LogP contribution in [0.5, 0.6) is 0 Å². The summed E-state index contributed by atoms with van der Waals surface area (Å²) in [6, 6.07) is -3.37. The van der Waals surface area contributed by atoms with Gasteiger partial charge < -0.3 is 15.0 Å². The quantitative estimate of drug-likeness (QED) is 0.211. The van der Waals surface area contributed by atoms with Crippen molar-refractivity contribution in [1.82, 2.24) is 4.72 Å². The van der Waals surface area contributed by atoms with Crippen molar-refractivity contribution < 1.29 is 132 Å². The van der Waals surface area contributed by atoms with Gasteiger partial charge >= 0.3 is 82.5 Å². The fraction of sp³-hybridized carbons (Fsp3) is 0.846. The van der Waals surface area contributed by atoms with Gasteiger partial charge in [-0.2, -0.15) is 74.6 Å². The minimum atomic E-state index is -9.04.